The molecule has 1 aromatic heterocycles. The molecular weight excluding hydrogens is 625 g/mol. The number of amides is 2. The monoisotopic (exact) mass is 687 g/mol. The van der Waals surface area contributed by atoms with Gasteiger partial charge in [-0.1, -0.05) is 61.8 Å². The zero-order valence-corrected chi connectivity index (χ0v) is 32.2. The lowest BCUT2D eigenvalue weighted by molar-refractivity contribution is -0.142. The lowest BCUT2D eigenvalue weighted by Gasteiger charge is -2.28. The summed E-state index contributed by atoms with van der Waals surface area (Å²) < 4.78 is 6.65. The highest BCUT2D eigenvalue weighted by atomic mass is 35.5. The van der Waals surface area contributed by atoms with Gasteiger partial charge in [-0.15, -0.1) is 23.2 Å². The lowest BCUT2D eigenvalue weighted by atomic mass is 9.82. The van der Waals surface area contributed by atoms with Gasteiger partial charge in [-0.2, -0.15) is 0 Å². The van der Waals surface area contributed by atoms with Gasteiger partial charge < -0.3 is 24.8 Å². The summed E-state index contributed by atoms with van der Waals surface area (Å²) >= 11 is 11.9. The molecule has 2 amide bonds. The van der Waals surface area contributed by atoms with Gasteiger partial charge in [0.2, 0.25) is 12.3 Å². The molecule has 266 valence electrons. The molecule has 1 heterocycles. The van der Waals surface area contributed by atoms with Crippen LogP contribution in [0.2, 0.25) is 0 Å². The number of esters is 1. The fourth-order valence-electron chi connectivity index (χ4n) is 4.98. The number of aryl methyl sites for hydroxylation is 1. The fourth-order valence-corrected chi connectivity index (χ4v) is 5.39. The molecule has 0 saturated carbocycles. The number of aromatic nitrogens is 2. The summed E-state index contributed by atoms with van der Waals surface area (Å²) in [5, 5.41) is 5.15. The van der Waals surface area contributed by atoms with Gasteiger partial charge in [0.15, 0.2) is 0 Å². The van der Waals surface area contributed by atoms with Gasteiger partial charge in [0, 0.05) is 57.0 Å². The molecule has 1 unspecified atom stereocenters. The molecule has 0 aliphatic carbocycles. The van der Waals surface area contributed by atoms with E-state index in [1.54, 1.807) is 13.8 Å². The van der Waals surface area contributed by atoms with Gasteiger partial charge in [0.05, 0.1) is 17.6 Å². The van der Waals surface area contributed by atoms with Gasteiger partial charge in [0.1, 0.15) is 12.4 Å². The molecule has 46 heavy (non-hydrogen) atoms. The van der Waals surface area contributed by atoms with Crippen molar-refractivity contribution >= 4 is 58.2 Å². The van der Waals surface area contributed by atoms with E-state index in [9.17, 15) is 14.4 Å². The highest BCUT2D eigenvalue weighted by molar-refractivity contribution is 6.18. The van der Waals surface area contributed by atoms with Crippen molar-refractivity contribution in [3.05, 3.63) is 24.0 Å². The first kappa shape index (κ1) is 45.6. The molecule has 1 aromatic carbocycles. The summed E-state index contributed by atoms with van der Waals surface area (Å²) in [5.74, 6) is 1.77. The van der Waals surface area contributed by atoms with E-state index in [0.717, 1.165) is 48.5 Å². The predicted octanol–water partition coefficient (Wildman–Crippen LogP) is 7.50. The summed E-state index contributed by atoms with van der Waals surface area (Å²) in [6, 6.07) is 6.47. The minimum atomic E-state index is -0.412. The highest BCUT2D eigenvalue weighted by Gasteiger charge is 2.25. The molecule has 0 saturated heterocycles. The zero-order chi connectivity index (χ0) is 35.9. The van der Waals surface area contributed by atoms with Crippen molar-refractivity contribution in [2.24, 2.45) is 17.9 Å². The van der Waals surface area contributed by atoms with Crippen molar-refractivity contribution in [2.75, 3.05) is 42.9 Å². The van der Waals surface area contributed by atoms with Crippen molar-refractivity contribution < 1.29 is 19.1 Å². The smallest absolute Gasteiger partial charge is 0.325 e. The summed E-state index contributed by atoms with van der Waals surface area (Å²) in [7, 11) is 2.06. The number of halogens is 2. The number of nitrogens with zero attached hydrogens (tertiary/aromatic N) is 3. The van der Waals surface area contributed by atoms with Crippen LogP contribution >= 0.6 is 23.2 Å². The number of carbonyl (C=O) groups excluding carboxylic acids is 3. The largest absolute Gasteiger partial charge is 0.465 e. The molecule has 2 aromatic rings. The van der Waals surface area contributed by atoms with Crippen LogP contribution in [0.25, 0.3) is 11.0 Å². The molecule has 0 spiro atoms. The zero-order valence-electron chi connectivity index (χ0n) is 30.7. The van der Waals surface area contributed by atoms with Crippen LogP contribution in [0.4, 0.5) is 5.69 Å². The number of imidazole rings is 1. The van der Waals surface area contributed by atoms with E-state index in [2.05, 4.69) is 91.6 Å². The van der Waals surface area contributed by atoms with Gasteiger partial charge in [-0.3, -0.25) is 14.4 Å². The number of nitrogens with one attached hydrogen (secondary N) is 2. The van der Waals surface area contributed by atoms with Gasteiger partial charge in [0.25, 0.3) is 0 Å². The number of carbonyl (C=O) groups is 3. The quantitative estimate of drug-likeness (QED) is 0.114. The van der Waals surface area contributed by atoms with E-state index in [0.29, 0.717) is 30.2 Å². The van der Waals surface area contributed by atoms with E-state index in [4.69, 9.17) is 28.2 Å². The first-order chi connectivity index (χ1) is 21.5. The number of alkyl halides is 2. The Morgan fingerprint density at radius 2 is 1.67 bits per heavy atom. The number of benzene rings is 1. The molecule has 9 nitrogen and oxygen atoms in total. The Morgan fingerprint density at radius 3 is 2.11 bits per heavy atom. The maximum absolute atomic E-state index is 11.3. The minimum absolute atomic E-state index is 0.0111. The van der Waals surface area contributed by atoms with Crippen LogP contribution in [0.1, 0.15) is 101 Å². The Morgan fingerprint density at radius 1 is 1.09 bits per heavy atom. The number of hydrogen-bond donors (Lipinski definition) is 2. The third-order valence-corrected chi connectivity index (χ3v) is 6.95. The highest BCUT2D eigenvalue weighted by Crippen LogP contribution is 2.30. The number of rotatable bonds is 15. The Labute approximate surface area is 289 Å². The molecule has 2 rings (SSSR count). The molecule has 11 heteroatoms. The maximum Gasteiger partial charge on any atom is 0.325 e. The van der Waals surface area contributed by atoms with Gasteiger partial charge in [-0.05, 0) is 55.7 Å². The van der Waals surface area contributed by atoms with Crippen LogP contribution in [-0.4, -0.2) is 71.9 Å². The van der Waals surface area contributed by atoms with Crippen molar-refractivity contribution in [2.45, 2.75) is 108 Å². The molecule has 1 atom stereocenters. The summed E-state index contributed by atoms with van der Waals surface area (Å²) in [5.41, 5.74) is 3.76. The fraction of sp³-hybridized carbons (Fsp3) is 0.714. The molecular formula is C35H63Cl2N5O4. The molecule has 0 fully saturated rings. The second kappa shape index (κ2) is 24.6. The average molecular weight is 689 g/mol. The second-order valence-corrected chi connectivity index (χ2v) is 13.6. The summed E-state index contributed by atoms with van der Waals surface area (Å²) in [4.78, 5) is 38.4. The third kappa shape index (κ3) is 20.6. The third-order valence-electron chi connectivity index (χ3n) is 6.61. The normalized spacial score (nSPS) is 11.4. The average Bonchev–Trinajstić information content (AvgIpc) is 3.25. The van der Waals surface area contributed by atoms with Crippen molar-refractivity contribution in [3.63, 3.8) is 0 Å². The molecule has 0 aliphatic heterocycles. The molecule has 0 aliphatic rings. The van der Waals surface area contributed by atoms with Crippen LogP contribution < -0.4 is 15.5 Å². The molecule has 2 N–H and O–H groups in total. The number of anilines is 1. The van der Waals surface area contributed by atoms with Crippen molar-refractivity contribution in [3.8, 4) is 0 Å². The van der Waals surface area contributed by atoms with Gasteiger partial charge >= 0.3 is 5.97 Å². The van der Waals surface area contributed by atoms with Crippen LogP contribution in [0.5, 0.6) is 0 Å². The first-order valence-corrected chi connectivity index (χ1v) is 17.5. The number of hydrogen-bond acceptors (Lipinski definition) is 6. The van der Waals surface area contributed by atoms with E-state index >= 15 is 0 Å². The van der Waals surface area contributed by atoms with E-state index in [1.807, 2.05) is 20.8 Å². The predicted molar refractivity (Wildman–Crippen MR) is 196 cm³/mol. The van der Waals surface area contributed by atoms with E-state index in [-0.39, 0.29) is 23.9 Å². The Kier molecular flexibility index (Phi) is 24.4. The Balaban J connectivity index is 0. The van der Waals surface area contributed by atoms with Gasteiger partial charge in [-0.25, -0.2) is 4.98 Å². The number of ether oxygens (including phenoxy) is 1. The van der Waals surface area contributed by atoms with Crippen LogP contribution in [0.3, 0.4) is 0 Å². The molecule has 0 radical (unpaired) electrons. The topological polar surface area (TPSA) is 106 Å². The Hall–Kier alpha value is -2.52. The van der Waals surface area contributed by atoms with Crippen LogP contribution in [-0.2, 0) is 32.6 Å². The van der Waals surface area contributed by atoms with Crippen LogP contribution in [0.15, 0.2) is 18.2 Å². The minimum Gasteiger partial charge on any atom is -0.465 e. The van der Waals surface area contributed by atoms with E-state index < -0.39 is 5.97 Å². The SMILES string of the molecule is CC.CC(=O)NC(C)CC(C)(C)Cc1nc2cc(N(CCCl)CCCl)ccc2n1C.CCCC(C)(C)C.CCOC(=O)CNC=O. The maximum atomic E-state index is 11.3. The van der Waals surface area contributed by atoms with E-state index in [1.165, 1.54) is 12.8 Å². The van der Waals surface area contributed by atoms with Crippen molar-refractivity contribution in [1.82, 2.24) is 20.2 Å². The standard InChI is InChI=1S/C21H32Cl2N4O.C7H16.C5H9NO3.C2H6/c1-15(24-16(2)28)13-21(3,4)14-20-25-18-12-17(6-7-19(18)26(20)5)27(10-8-22)11-9-23;1-5-6-7(2,3)4;1-2-9-5(8)3-6-4-7;1-2/h6-7,12,15H,8-11,13-14H2,1-5H3,(H,24,28);5-6H2,1-4H3;4H,2-3H2,1H3,(H,6,7);1-2H3. The second-order valence-electron chi connectivity index (χ2n) is 12.9. The summed E-state index contributed by atoms with van der Waals surface area (Å²) in [6.07, 6.45) is 4.83. The Bertz CT molecular complexity index is 1130. The van der Waals surface area contributed by atoms with Crippen LogP contribution in [0, 0.1) is 10.8 Å². The first-order valence-electron chi connectivity index (χ1n) is 16.5. The lowest BCUT2D eigenvalue weighted by Crippen LogP contribution is -2.35. The summed E-state index contributed by atoms with van der Waals surface area (Å²) in [6.45, 7) is 24.6. The van der Waals surface area contributed by atoms with Crippen molar-refractivity contribution in [1.29, 1.82) is 0 Å². The molecule has 0 bridgehead atoms. The number of fused-ring (bicyclic) bond motifs is 1.